The van der Waals surface area contributed by atoms with E-state index in [-0.39, 0.29) is 16.7 Å². The fraction of sp³-hybridized carbons (Fsp3) is 0.125. The maximum Gasteiger partial charge on any atom is 0.419 e. The summed E-state index contributed by atoms with van der Waals surface area (Å²) in [5.41, 5.74) is 1.59. The van der Waals surface area contributed by atoms with Gasteiger partial charge < -0.3 is 4.42 Å². The first-order valence-electron chi connectivity index (χ1n) is 6.48. The largest absolute Gasteiger partial charge is 0.419 e. The number of hydrogen-bond acceptors (Lipinski definition) is 3. The monoisotopic (exact) mass is 303 g/mol. The van der Waals surface area contributed by atoms with Gasteiger partial charge in [-0.05, 0) is 36.8 Å². The lowest BCUT2D eigenvalue weighted by Gasteiger charge is -2.05. The van der Waals surface area contributed by atoms with Gasteiger partial charge in [-0.3, -0.25) is 9.36 Å². The minimum Gasteiger partial charge on any atom is -0.408 e. The fourth-order valence-corrected chi connectivity index (χ4v) is 2.49. The molecule has 0 fully saturated rings. The highest BCUT2D eigenvalue weighted by molar-refractivity contribution is 6.10. The lowest BCUT2D eigenvalue weighted by atomic mass is 10.0. The van der Waals surface area contributed by atoms with Crippen molar-refractivity contribution in [2.45, 2.75) is 6.92 Å². The van der Waals surface area contributed by atoms with Crippen LogP contribution < -0.4 is 5.76 Å². The predicted octanol–water partition coefficient (Wildman–Crippen LogP) is 2.95. The molecule has 3 rings (SSSR count). The van der Waals surface area contributed by atoms with Crippen LogP contribution in [0.15, 0.2) is 39.5 Å². The number of aromatic nitrogens is 1. The Morgan fingerprint density at radius 1 is 1.05 bits per heavy atom. The number of carbonyl (C=O) groups is 1. The number of ketones is 1. The van der Waals surface area contributed by atoms with E-state index < -0.39 is 23.2 Å². The fourth-order valence-electron chi connectivity index (χ4n) is 2.49. The van der Waals surface area contributed by atoms with Crippen LogP contribution in [0.1, 0.15) is 21.5 Å². The van der Waals surface area contributed by atoms with Crippen LogP contribution >= 0.6 is 0 Å². The molecule has 3 aromatic rings. The summed E-state index contributed by atoms with van der Waals surface area (Å²) in [7, 11) is 1.56. The van der Waals surface area contributed by atoms with Crippen LogP contribution in [0, 0.1) is 18.6 Å². The Labute approximate surface area is 123 Å². The summed E-state index contributed by atoms with van der Waals surface area (Å²) >= 11 is 0. The Morgan fingerprint density at radius 3 is 2.27 bits per heavy atom. The molecule has 4 nitrogen and oxygen atoms in total. The summed E-state index contributed by atoms with van der Waals surface area (Å²) in [6.45, 7) is 1.72. The standard InChI is InChI=1S/C16H11F2NO3/c1-8-3-9(6-13-14(8)19(2)16(21)22-13)15(20)10-4-11(17)7-12(18)5-10/h3-7H,1-2H3. The molecule has 0 aliphatic heterocycles. The molecule has 0 saturated carbocycles. The molecule has 1 heterocycles. The van der Waals surface area contributed by atoms with Crippen LogP contribution in [0.3, 0.4) is 0 Å². The van der Waals surface area contributed by atoms with Crippen LogP contribution in [0.4, 0.5) is 8.78 Å². The predicted molar refractivity (Wildman–Crippen MR) is 76.0 cm³/mol. The van der Waals surface area contributed by atoms with E-state index in [1.807, 2.05) is 0 Å². The van der Waals surface area contributed by atoms with E-state index in [1.165, 1.54) is 10.6 Å². The zero-order valence-corrected chi connectivity index (χ0v) is 11.8. The summed E-state index contributed by atoms with van der Waals surface area (Å²) in [4.78, 5) is 23.9. The Kier molecular flexibility index (Phi) is 3.16. The molecule has 0 amide bonds. The number of carbonyl (C=O) groups excluding carboxylic acids is 1. The van der Waals surface area contributed by atoms with Gasteiger partial charge in [-0.15, -0.1) is 0 Å². The second-order valence-electron chi connectivity index (χ2n) is 5.05. The van der Waals surface area contributed by atoms with Crippen molar-refractivity contribution in [2.24, 2.45) is 7.05 Å². The third-order valence-corrected chi connectivity index (χ3v) is 3.46. The van der Waals surface area contributed by atoms with Gasteiger partial charge in [0.1, 0.15) is 11.6 Å². The normalized spacial score (nSPS) is 11.1. The molecule has 22 heavy (non-hydrogen) atoms. The maximum absolute atomic E-state index is 13.2. The van der Waals surface area contributed by atoms with Gasteiger partial charge in [0.2, 0.25) is 0 Å². The molecule has 0 saturated heterocycles. The Morgan fingerprint density at radius 2 is 1.64 bits per heavy atom. The average Bonchev–Trinajstić information content (AvgIpc) is 2.72. The molecule has 2 aromatic carbocycles. The minimum absolute atomic E-state index is 0.102. The number of rotatable bonds is 2. The molecule has 1 aromatic heterocycles. The van der Waals surface area contributed by atoms with Gasteiger partial charge in [0, 0.05) is 24.2 Å². The Bertz CT molecular complexity index is 949. The lowest BCUT2D eigenvalue weighted by molar-refractivity contribution is 0.103. The number of benzene rings is 2. The number of halogens is 2. The van der Waals surface area contributed by atoms with E-state index in [1.54, 1.807) is 20.0 Å². The molecular formula is C16H11F2NO3. The van der Waals surface area contributed by atoms with Gasteiger partial charge in [0.05, 0.1) is 5.52 Å². The summed E-state index contributed by atoms with van der Waals surface area (Å²) in [6.07, 6.45) is 0. The second kappa shape index (κ2) is 4.91. The summed E-state index contributed by atoms with van der Waals surface area (Å²) in [5.74, 6) is -2.74. The number of nitrogens with zero attached hydrogens (tertiary/aromatic N) is 1. The van der Waals surface area contributed by atoms with Crippen molar-refractivity contribution in [3.63, 3.8) is 0 Å². The van der Waals surface area contributed by atoms with Crippen LogP contribution in [0.25, 0.3) is 11.1 Å². The molecule has 0 atom stereocenters. The summed E-state index contributed by atoms with van der Waals surface area (Å²) < 4.78 is 32.9. The van der Waals surface area contributed by atoms with E-state index in [9.17, 15) is 18.4 Å². The molecule has 0 aliphatic carbocycles. The maximum atomic E-state index is 13.2. The van der Waals surface area contributed by atoms with Gasteiger partial charge in [0.15, 0.2) is 11.4 Å². The highest BCUT2D eigenvalue weighted by atomic mass is 19.1. The van der Waals surface area contributed by atoms with Crippen molar-refractivity contribution in [3.05, 3.63) is 69.2 Å². The van der Waals surface area contributed by atoms with Gasteiger partial charge in [-0.2, -0.15) is 0 Å². The van der Waals surface area contributed by atoms with Crippen molar-refractivity contribution in [1.29, 1.82) is 0 Å². The highest BCUT2D eigenvalue weighted by Gasteiger charge is 2.16. The molecular weight excluding hydrogens is 292 g/mol. The van der Waals surface area contributed by atoms with Crippen LogP contribution in [-0.2, 0) is 7.05 Å². The molecule has 0 spiro atoms. The van der Waals surface area contributed by atoms with Gasteiger partial charge in [-0.1, -0.05) is 0 Å². The van der Waals surface area contributed by atoms with Crippen LogP contribution in [-0.4, -0.2) is 10.4 Å². The zero-order valence-electron chi connectivity index (χ0n) is 11.8. The summed E-state index contributed by atoms with van der Waals surface area (Å²) in [5, 5.41) is 0. The van der Waals surface area contributed by atoms with E-state index in [4.69, 9.17) is 4.42 Å². The molecule has 0 bridgehead atoms. The van der Waals surface area contributed by atoms with Crippen molar-refractivity contribution >= 4 is 16.9 Å². The van der Waals surface area contributed by atoms with Crippen LogP contribution in [0.5, 0.6) is 0 Å². The third kappa shape index (κ3) is 2.22. The quantitative estimate of drug-likeness (QED) is 0.684. The zero-order chi connectivity index (χ0) is 16.0. The molecule has 0 radical (unpaired) electrons. The first-order valence-corrected chi connectivity index (χ1v) is 6.48. The molecule has 6 heteroatoms. The van der Waals surface area contributed by atoms with E-state index >= 15 is 0 Å². The minimum atomic E-state index is -0.826. The van der Waals surface area contributed by atoms with Crippen molar-refractivity contribution in [3.8, 4) is 0 Å². The molecule has 0 N–H and O–H groups in total. The Balaban J connectivity index is 2.17. The SMILES string of the molecule is Cc1cc(C(=O)c2cc(F)cc(F)c2)cc2oc(=O)n(C)c12. The van der Waals surface area contributed by atoms with E-state index in [0.29, 0.717) is 17.1 Å². The summed E-state index contributed by atoms with van der Waals surface area (Å²) in [6, 6.07) is 5.58. The number of hydrogen-bond donors (Lipinski definition) is 0. The number of fused-ring (bicyclic) bond motifs is 1. The first kappa shape index (κ1) is 14.2. The van der Waals surface area contributed by atoms with E-state index in [2.05, 4.69) is 0 Å². The lowest BCUT2D eigenvalue weighted by Crippen LogP contribution is -2.09. The topological polar surface area (TPSA) is 52.2 Å². The number of aryl methyl sites for hydroxylation is 2. The van der Waals surface area contributed by atoms with Crippen molar-refractivity contribution < 1.29 is 18.0 Å². The van der Waals surface area contributed by atoms with E-state index in [0.717, 1.165) is 12.1 Å². The van der Waals surface area contributed by atoms with Crippen molar-refractivity contribution in [1.82, 2.24) is 4.57 Å². The Hall–Kier alpha value is -2.76. The smallest absolute Gasteiger partial charge is 0.408 e. The van der Waals surface area contributed by atoms with Crippen molar-refractivity contribution in [2.75, 3.05) is 0 Å². The first-order chi connectivity index (χ1) is 10.4. The number of oxazole rings is 1. The van der Waals surface area contributed by atoms with Crippen LogP contribution in [0.2, 0.25) is 0 Å². The van der Waals surface area contributed by atoms with Gasteiger partial charge in [-0.25, -0.2) is 13.6 Å². The van der Waals surface area contributed by atoms with Gasteiger partial charge in [0.25, 0.3) is 0 Å². The third-order valence-electron chi connectivity index (χ3n) is 3.46. The molecule has 0 aliphatic rings. The molecule has 0 unspecified atom stereocenters. The second-order valence-corrected chi connectivity index (χ2v) is 5.05. The average molecular weight is 303 g/mol. The molecule has 112 valence electrons. The highest BCUT2D eigenvalue weighted by Crippen LogP contribution is 2.22. The van der Waals surface area contributed by atoms with Gasteiger partial charge >= 0.3 is 5.76 Å².